The molecule has 82 valence electrons. The number of aryl methyl sites for hydroxylation is 1. The summed E-state index contributed by atoms with van der Waals surface area (Å²) in [5.41, 5.74) is 0.543. The molecule has 0 bridgehead atoms. The minimum Gasteiger partial charge on any atom is -0.481 e. The first-order chi connectivity index (χ1) is 6.95. The predicted octanol–water partition coefficient (Wildman–Crippen LogP) is 2.82. The van der Waals surface area contributed by atoms with Crippen LogP contribution in [0.1, 0.15) is 24.5 Å². The number of carbonyl (C=O) groups is 1. The highest BCUT2D eigenvalue weighted by Gasteiger charge is 2.34. The van der Waals surface area contributed by atoms with Gasteiger partial charge in [-0.2, -0.15) is 0 Å². The van der Waals surface area contributed by atoms with Crippen LogP contribution in [0.2, 0.25) is 0 Å². The second kappa shape index (κ2) is 4.38. The summed E-state index contributed by atoms with van der Waals surface area (Å²) in [4.78, 5) is 10.3. The van der Waals surface area contributed by atoms with Gasteiger partial charge in [0.15, 0.2) is 0 Å². The van der Waals surface area contributed by atoms with Gasteiger partial charge in [0, 0.05) is 5.56 Å². The Morgan fingerprint density at radius 3 is 2.67 bits per heavy atom. The Labute approximate surface area is 86.5 Å². The van der Waals surface area contributed by atoms with Gasteiger partial charge in [-0.3, -0.25) is 4.79 Å². The second-order valence-electron chi connectivity index (χ2n) is 3.33. The third kappa shape index (κ3) is 3.01. The third-order valence-electron chi connectivity index (χ3n) is 2.13. The van der Waals surface area contributed by atoms with Crippen LogP contribution in [0.15, 0.2) is 24.3 Å². The summed E-state index contributed by atoms with van der Waals surface area (Å²) in [5, 5.41) is 8.36. The molecule has 2 nitrogen and oxygen atoms in total. The Morgan fingerprint density at radius 2 is 2.13 bits per heavy atom. The van der Waals surface area contributed by atoms with Gasteiger partial charge in [-0.1, -0.05) is 25.1 Å². The average Bonchev–Trinajstić information content (AvgIpc) is 2.16. The summed E-state index contributed by atoms with van der Waals surface area (Å²) < 4.78 is 26.7. The van der Waals surface area contributed by atoms with Crippen LogP contribution >= 0.6 is 0 Å². The van der Waals surface area contributed by atoms with E-state index in [1.807, 2.05) is 6.92 Å². The van der Waals surface area contributed by atoms with Gasteiger partial charge in [0.05, 0.1) is 0 Å². The predicted molar refractivity (Wildman–Crippen MR) is 52.0 cm³/mol. The van der Waals surface area contributed by atoms with Gasteiger partial charge in [-0.25, -0.2) is 8.78 Å². The minimum atomic E-state index is -3.29. The number of rotatable bonds is 4. The van der Waals surface area contributed by atoms with Crippen molar-refractivity contribution in [1.29, 1.82) is 0 Å². The number of benzene rings is 1. The van der Waals surface area contributed by atoms with Crippen molar-refractivity contribution in [2.45, 2.75) is 25.7 Å². The molecular weight excluding hydrogens is 202 g/mol. The van der Waals surface area contributed by atoms with E-state index in [2.05, 4.69) is 0 Å². The van der Waals surface area contributed by atoms with E-state index in [0.717, 1.165) is 5.56 Å². The molecular formula is C11H12F2O2. The van der Waals surface area contributed by atoms with Gasteiger partial charge in [0.1, 0.15) is 6.42 Å². The summed E-state index contributed by atoms with van der Waals surface area (Å²) in [6, 6.07) is 5.86. The molecule has 0 aliphatic rings. The van der Waals surface area contributed by atoms with Crippen molar-refractivity contribution in [3.8, 4) is 0 Å². The van der Waals surface area contributed by atoms with Gasteiger partial charge in [-0.15, -0.1) is 0 Å². The van der Waals surface area contributed by atoms with E-state index in [4.69, 9.17) is 5.11 Å². The summed E-state index contributed by atoms with van der Waals surface area (Å²) >= 11 is 0. The molecule has 0 aliphatic carbocycles. The lowest BCUT2D eigenvalue weighted by atomic mass is 10.0. The van der Waals surface area contributed by atoms with Crippen molar-refractivity contribution < 1.29 is 18.7 Å². The fourth-order valence-electron chi connectivity index (χ4n) is 1.31. The molecule has 1 rings (SSSR count). The van der Waals surface area contributed by atoms with Crippen LogP contribution in [0.3, 0.4) is 0 Å². The summed E-state index contributed by atoms with van der Waals surface area (Å²) in [6.45, 7) is 1.86. The Hall–Kier alpha value is -1.45. The van der Waals surface area contributed by atoms with E-state index < -0.39 is 18.3 Å². The second-order valence-corrected chi connectivity index (χ2v) is 3.33. The van der Waals surface area contributed by atoms with Crippen molar-refractivity contribution in [2.24, 2.45) is 0 Å². The number of halogens is 2. The Kier molecular flexibility index (Phi) is 3.39. The van der Waals surface area contributed by atoms with E-state index in [0.29, 0.717) is 6.42 Å². The van der Waals surface area contributed by atoms with E-state index in [1.165, 1.54) is 18.2 Å². The molecule has 0 saturated heterocycles. The van der Waals surface area contributed by atoms with Crippen LogP contribution in [-0.2, 0) is 17.1 Å². The molecule has 4 heteroatoms. The van der Waals surface area contributed by atoms with Crippen LogP contribution in [0.25, 0.3) is 0 Å². The molecule has 0 heterocycles. The van der Waals surface area contributed by atoms with Crippen molar-refractivity contribution in [1.82, 2.24) is 0 Å². The molecule has 1 N–H and O–H groups in total. The van der Waals surface area contributed by atoms with Gasteiger partial charge in [-0.05, 0) is 18.1 Å². The Balaban J connectivity index is 2.98. The van der Waals surface area contributed by atoms with Gasteiger partial charge in [0.25, 0.3) is 5.92 Å². The number of hydrogen-bond acceptors (Lipinski definition) is 1. The Bertz CT molecular complexity index is 361. The van der Waals surface area contributed by atoms with E-state index in [-0.39, 0.29) is 5.56 Å². The summed E-state index contributed by atoms with van der Waals surface area (Å²) in [7, 11) is 0. The zero-order valence-corrected chi connectivity index (χ0v) is 8.34. The molecule has 0 atom stereocenters. The van der Waals surface area contributed by atoms with E-state index in [1.54, 1.807) is 6.07 Å². The van der Waals surface area contributed by atoms with Crippen molar-refractivity contribution in [3.63, 3.8) is 0 Å². The first-order valence-electron chi connectivity index (χ1n) is 4.64. The monoisotopic (exact) mass is 214 g/mol. The first kappa shape index (κ1) is 11.6. The van der Waals surface area contributed by atoms with Crippen LogP contribution < -0.4 is 0 Å². The molecule has 0 spiro atoms. The van der Waals surface area contributed by atoms with Gasteiger partial charge < -0.3 is 5.11 Å². The molecule has 0 aliphatic heterocycles. The van der Waals surface area contributed by atoms with E-state index in [9.17, 15) is 13.6 Å². The standard InChI is InChI=1S/C11H12F2O2/c1-2-8-4-3-5-9(6-8)11(12,13)7-10(14)15/h3-6H,2,7H2,1H3,(H,14,15). The smallest absolute Gasteiger partial charge is 0.309 e. The number of carboxylic acid groups (broad SMARTS) is 1. The lowest BCUT2D eigenvalue weighted by Crippen LogP contribution is -2.18. The van der Waals surface area contributed by atoms with E-state index >= 15 is 0 Å². The van der Waals surface area contributed by atoms with Crippen LogP contribution in [0.5, 0.6) is 0 Å². The Morgan fingerprint density at radius 1 is 1.47 bits per heavy atom. The zero-order valence-electron chi connectivity index (χ0n) is 8.34. The minimum absolute atomic E-state index is 0.232. The fraction of sp³-hybridized carbons (Fsp3) is 0.364. The molecule has 0 aromatic heterocycles. The molecule has 0 unspecified atom stereocenters. The molecule has 15 heavy (non-hydrogen) atoms. The maximum atomic E-state index is 13.3. The van der Waals surface area contributed by atoms with Crippen molar-refractivity contribution >= 4 is 5.97 Å². The number of hydrogen-bond donors (Lipinski definition) is 1. The largest absolute Gasteiger partial charge is 0.481 e. The summed E-state index contributed by atoms with van der Waals surface area (Å²) in [5.74, 6) is -4.79. The average molecular weight is 214 g/mol. The SMILES string of the molecule is CCc1cccc(C(F)(F)CC(=O)O)c1. The number of alkyl halides is 2. The van der Waals surface area contributed by atoms with Crippen molar-refractivity contribution in [3.05, 3.63) is 35.4 Å². The van der Waals surface area contributed by atoms with Gasteiger partial charge >= 0.3 is 5.97 Å². The molecule has 0 saturated carbocycles. The molecule has 0 radical (unpaired) electrons. The summed E-state index contributed by atoms with van der Waals surface area (Å²) in [6.07, 6.45) is -0.517. The lowest BCUT2D eigenvalue weighted by Gasteiger charge is -2.14. The highest BCUT2D eigenvalue weighted by molar-refractivity contribution is 5.68. The molecule has 0 amide bonds. The topological polar surface area (TPSA) is 37.3 Å². The maximum Gasteiger partial charge on any atom is 0.309 e. The highest BCUT2D eigenvalue weighted by Crippen LogP contribution is 2.31. The number of carboxylic acids is 1. The van der Waals surface area contributed by atoms with Crippen LogP contribution in [-0.4, -0.2) is 11.1 Å². The molecule has 1 aromatic carbocycles. The first-order valence-corrected chi connectivity index (χ1v) is 4.64. The van der Waals surface area contributed by atoms with Crippen LogP contribution in [0.4, 0.5) is 8.78 Å². The van der Waals surface area contributed by atoms with Crippen LogP contribution in [0, 0.1) is 0 Å². The fourth-order valence-corrected chi connectivity index (χ4v) is 1.31. The quantitative estimate of drug-likeness (QED) is 0.836. The lowest BCUT2D eigenvalue weighted by molar-refractivity contribution is -0.145. The van der Waals surface area contributed by atoms with Crippen molar-refractivity contribution in [2.75, 3.05) is 0 Å². The molecule has 1 aromatic rings. The maximum absolute atomic E-state index is 13.3. The third-order valence-corrected chi connectivity index (χ3v) is 2.13. The zero-order chi connectivity index (χ0) is 11.5. The highest BCUT2D eigenvalue weighted by atomic mass is 19.3. The van der Waals surface area contributed by atoms with Gasteiger partial charge in [0.2, 0.25) is 0 Å². The number of aliphatic carboxylic acids is 1. The normalized spacial score (nSPS) is 11.4. The molecule has 0 fully saturated rings.